The van der Waals surface area contributed by atoms with Gasteiger partial charge in [-0.1, -0.05) is 42.5 Å². The van der Waals surface area contributed by atoms with Gasteiger partial charge in [0.25, 0.3) is 5.91 Å². The van der Waals surface area contributed by atoms with Crippen LogP contribution in [-0.4, -0.2) is 23.4 Å². The lowest BCUT2D eigenvalue weighted by Crippen LogP contribution is -2.39. The van der Waals surface area contributed by atoms with Crippen LogP contribution in [0.1, 0.15) is 46.4 Å². The maximum Gasteiger partial charge on any atom is 0.256 e. The molecule has 4 nitrogen and oxygen atoms in total. The molecular formula is C22H23N3OS. The second-order valence-electron chi connectivity index (χ2n) is 7.64. The van der Waals surface area contributed by atoms with Gasteiger partial charge in [0.05, 0.1) is 5.56 Å². The molecule has 0 unspecified atom stereocenters. The zero-order valence-corrected chi connectivity index (χ0v) is 16.4. The van der Waals surface area contributed by atoms with Crippen molar-refractivity contribution in [1.82, 2.24) is 10.2 Å². The number of amides is 1. The van der Waals surface area contributed by atoms with Crippen LogP contribution in [0.2, 0.25) is 0 Å². The van der Waals surface area contributed by atoms with Gasteiger partial charge >= 0.3 is 0 Å². The van der Waals surface area contributed by atoms with Crippen LogP contribution < -0.4 is 10.6 Å². The van der Waals surface area contributed by atoms with Crippen molar-refractivity contribution in [3.05, 3.63) is 64.0 Å². The number of nitrogens with one attached hydrogen (secondary N) is 2. The zero-order valence-electron chi connectivity index (χ0n) is 15.6. The molecule has 138 valence electrons. The lowest BCUT2D eigenvalue weighted by atomic mass is 9.98. The van der Waals surface area contributed by atoms with Gasteiger partial charge in [0.15, 0.2) is 0 Å². The largest absolute Gasteiger partial charge is 0.353 e. The summed E-state index contributed by atoms with van der Waals surface area (Å²) < 4.78 is 0. The first-order chi connectivity index (χ1) is 13.1. The Balaban J connectivity index is 1.53. The number of benzene rings is 2. The first kappa shape index (κ1) is 16.8. The fourth-order valence-corrected chi connectivity index (χ4v) is 5.53. The average molecular weight is 378 g/mol. The van der Waals surface area contributed by atoms with E-state index in [4.69, 9.17) is 0 Å². The highest BCUT2D eigenvalue weighted by Crippen LogP contribution is 2.41. The molecule has 0 aliphatic carbocycles. The lowest BCUT2D eigenvalue weighted by molar-refractivity contribution is 0.0934. The van der Waals surface area contributed by atoms with Gasteiger partial charge in [-0.3, -0.25) is 9.69 Å². The van der Waals surface area contributed by atoms with Crippen molar-refractivity contribution in [3.63, 3.8) is 0 Å². The molecule has 0 radical (unpaired) electrons. The minimum atomic E-state index is -0.197. The third-order valence-corrected chi connectivity index (χ3v) is 6.88. The van der Waals surface area contributed by atoms with E-state index in [1.165, 1.54) is 21.2 Å². The smallest absolute Gasteiger partial charge is 0.256 e. The van der Waals surface area contributed by atoms with Crippen LogP contribution in [-0.2, 0) is 13.0 Å². The predicted octanol–water partition coefficient (Wildman–Crippen LogP) is 4.52. The average Bonchev–Trinajstić information content (AvgIpc) is 3.05. The van der Waals surface area contributed by atoms with Gasteiger partial charge in [0.1, 0.15) is 11.2 Å². The standard InChI is InChI=1S/C22H23N3OS/c1-13(2)25-11-10-17-18(12-25)27-22-19(17)21(26)23-20(24-22)16-9-5-7-14-6-3-4-8-15(14)16/h3-9,13,20,24H,10-12H2,1-2H3,(H,23,26)/t20-/m0/s1. The summed E-state index contributed by atoms with van der Waals surface area (Å²) in [6.45, 7) is 6.44. The van der Waals surface area contributed by atoms with Gasteiger partial charge in [-0.2, -0.15) is 0 Å². The van der Waals surface area contributed by atoms with Crippen molar-refractivity contribution in [2.75, 3.05) is 11.9 Å². The van der Waals surface area contributed by atoms with Crippen molar-refractivity contribution >= 4 is 33.0 Å². The van der Waals surface area contributed by atoms with E-state index in [0.717, 1.165) is 35.6 Å². The number of rotatable bonds is 2. The summed E-state index contributed by atoms with van der Waals surface area (Å²) in [7, 11) is 0. The van der Waals surface area contributed by atoms with Crippen LogP contribution in [0.5, 0.6) is 0 Å². The second kappa shape index (κ2) is 6.36. The van der Waals surface area contributed by atoms with Gasteiger partial charge in [-0.25, -0.2) is 0 Å². The Kier molecular flexibility index (Phi) is 3.95. The highest BCUT2D eigenvalue weighted by Gasteiger charge is 2.34. The normalized spacial score (nSPS) is 19.5. The Hall–Kier alpha value is -2.37. The van der Waals surface area contributed by atoms with Crippen molar-refractivity contribution in [3.8, 4) is 0 Å². The maximum absolute atomic E-state index is 13.0. The number of hydrogen-bond donors (Lipinski definition) is 2. The van der Waals surface area contributed by atoms with Gasteiger partial charge in [0, 0.05) is 29.6 Å². The molecule has 1 aromatic heterocycles. The number of fused-ring (bicyclic) bond motifs is 4. The Morgan fingerprint density at radius 1 is 1.11 bits per heavy atom. The van der Waals surface area contributed by atoms with Crippen LogP contribution in [0.4, 0.5) is 5.00 Å². The van der Waals surface area contributed by atoms with E-state index in [0.29, 0.717) is 6.04 Å². The molecule has 2 aliphatic rings. The summed E-state index contributed by atoms with van der Waals surface area (Å²) in [5, 5.41) is 10.2. The Labute approximate surface area is 163 Å². The fourth-order valence-electron chi connectivity index (χ4n) is 4.23. The van der Waals surface area contributed by atoms with E-state index in [1.807, 2.05) is 12.1 Å². The lowest BCUT2D eigenvalue weighted by Gasteiger charge is -2.31. The molecule has 0 saturated carbocycles. The molecule has 0 spiro atoms. The monoisotopic (exact) mass is 377 g/mol. The fraction of sp³-hybridized carbons (Fsp3) is 0.318. The maximum atomic E-state index is 13.0. The Morgan fingerprint density at radius 3 is 2.78 bits per heavy atom. The van der Waals surface area contributed by atoms with Crippen LogP contribution in [0.3, 0.4) is 0 Å². The Bertz CT molecular complexity index is 1030. The van der Waals surface area contributed by atoms with Crippen molar-refractivity contribution in [2.45, 2.75) is 39.0 Å². The number of carbonyl (C=O) groups is 1. The van der Waals surface area contributed by atoms with Crippen LogP contribution in [0.25, 0.3) is 10.8 Å². The summed E-state index contributed by atoms with van der Waals surface area (Å²) in [4.78, 5) is 16.8. The molecule has 27 heavy (non-hydrogen) atoms. The van der Waals surface area contributed by atoms with Crippen molar-refractivity contribution in [1.29, 1.82) is 0 Å². The van der Waals surface area contributed by atoms with E-state index < -0.39 is 0 Å². The molecule has 2 aliphatic heterocycles. The molecule has 3 aromatic rings. The molecule has 1 amide bonds. The van der Waals surface area contributed by atoms with Gasteiger partial charge < -0.3 is 10.6 Å². The molecule has 5 rings (SSSR count). The van der Waals surface area contributed by atoms with E-state index >= 15 is 0 Å². The van der Waals surface area contributed by atoms with E-state index in [2.05, 4.69) is 59.7 Å². The predicted molar refractivity (Wildman–Crippen MR) is 111 cm³/mol. The molecule has 5 heteroatoms. The molecular weight excluding hydrogens is 354 g/mol. The van der Waals surface area contributed by atoms with E-state index in [9.17, 15) is 4.79 Å². The minimum absolute atomic E-state index is 0.0529. The zero-order chi connectivity index (χ0) is 18.5. The topological polar surface area (TPSA) is 44.4 Å². The number of hydrogen-bond acceptors (Lipinski definition) is 4. The second-order valence-corrected chi connectivity index (χ2v) is 8.75. The number of nitrogens with zero attached hydrogens (tertiary/aromatic N) is 1. The molecule has 2 aromatic carbocycles. The van der Waals surface area contributed by atoms with Crippen LogP contribution >= 0.6 is 11.3 Å². The van der Waals surface area contributed by atoms with Crippen LogP contribution in [0, 0.1) is 0 Å². The van der Waals surface area contributed by atoms with Crippen molar-refractivity contribution < 1.29 is 4.79 Å². The molecule has 0 saturated heterocycles. The van der Waals surface area contributed by atoms with Crippen LogP contribution in [0.15, 0.2) is 42.5 Å². The third-order valence-electron chi connectivity index (χ3n) is 5.73. The molecule has 3 heterocycles. The van der Waals surface area contributed by atoms with Crippen molar-refractivity contribution in [2.24, 2.45) is 0 Å². The van der Waals surface area contributed by atoms with E-state index in [1.54, 1.807) is 11.3 Å². The number of anilines is 1. The molecule has 1 atom stereocenters. The number of thiophene rings is 1. The molecule has 0 fully saturated rings. The first-order valence-corrected chi connectivity index (χ1v) is 10.4. The summed E-state index contributed by atoms with van der Waals surface area (Å²) in [5.41, 5.74) is 3.23. The van der Waals surface area contributed by atoms with E-state index in [-0.39, 0.29) is 12.1 Å². The molecule has 0 bridgehead atoms. The summed E-state index contributed by atoms with van der Waals surface area (Å²) >= 11 is 1.75. The first-order valence-electron chi connectivity index (χ1n) is 9.55. The van der Waals surface area contributed by atoms with Gasteiger partial charge in [-0.05, 0) is 36.6 Å². The van der Waals surface area contributed by atoms with Gasteiger partial charge in [0.2, 0.25) is 0 Å². The number of carbonyl (C=O) groups excluding carboxylic acids is 1. The molecule has 2 N–H and O–H groups in total. The van der Waals surface area contributed by atoms with Gasteiger partial charge in [-0.15, -0.1) is 11.3 Å². The highest BCUT2D eigenvalue weighted by molar-refractivity contribution is 7.16. The quantitative estimate of drug-likeness (QED) is 0.690. The summed E-state index contributed by atoms with van der Waals surface area (Å²) in [5.74, 6) is 0.0529. The summed E-state index contributed by atoms with van der Waals surface area (Å²) in [6, 6.07) is 15.1. The minimum Gasteiger partial charge on any atom is -0.353 e. The SMILES string of the molecule is CC(C)N1CCc2c(sc3c2C(=O)N[C@H](c2cccc4ccccc24)N3)C1. The third kappa shape index (κ3) is 2.73. The highest BCUT2D eigenvalue weighted by atomic mass is 32.1. The summed E-state index contributed by atoms with van der Waals surface area (Å²) in [6.07, 6.45) is 0.755. The Morgan fingerprint density at radius 2 is 1.93 bits per heavy atom.